The van der Waals surface area contributed by atoms with Gasteiger partial charge in [0.05, 0.1) is 0 Å². The monoisotopic (exact) mass is 241 g/mol. The molecule has 2 nitrogen and oxygen atoms in total. The van der Waals surface area contributed by atoms with Gasteiger partial charge in [0.2, 0.25) is 0 Å². The Labute approximate surface area is 85.9 Å². The smallest absolute Gasteiger partial charge is 0.120 e. The lowest BCUT2D eigenvalue weighted by Crippen LogP contribution is -2.01. The molecule has 3 N–H and O–H groups in total. The Hall–Kier alpha value is -0.540. The van der Waals surface area contributed by atoms with E-state index < -0.39 is 0 Å². The Morgan fingerprint density at radius 1 is 1.54 bits per heavy atom. The molecule has 0 bridgehead atoms. The summed E-state index contributed by atoms with van der Waals surface area (Å²) < 4.78 is 0.915. The van der Waals surface area contributed by atoms with E-state index >= 15 is 0 Å². The van der Waals surface area contributed by atoms with Gasteiger partial charge in [-0.1, -0.05) is 22.0 Å². The summed E-state index contributed by atoms with van der Waals surface area (Å²) in [6, 6.07) is 5.67. The third kappa shape index (κ3) is 1.71. The molecule has 1 aromatic carbocycles. The highest BCUT2D eigenvalue weighted by molar-refractivity contribution is 9.10. The molecule has 0 aromatic heterocycles. The van der Waals surface area contributed by atoms with Crippen molar-refractivity contribution in [3.63, 3.8) is 0 Å². The van der Waals surface area contributed by atoms with Crippen molar-refractivity contribution >= 4 is 15.9 Å². The quantitative estimate of drug-likeness (QED) is 0.835. The number of hydrogen-bond acceptors (Lipinski definition) is 2. The van der Waals surface area contributed by atoms with Crippen LogP contribution in [0.15, 0.2) is 22.7 Å². The van der Waals surface area contributed by atoms with E-state index in [9.17, 15) is 5.11 Å². The molecule has 0 radical (unpaired) electrons. The third-order valence-electron chi connectivity index (χ3n) is 2.62. The van der Waals surface area contributed by atoms with Gasteiger partial charge in [-0.25, -0.2) is 0 Å². The topological polar surface area (TPSA) is 46.2 Å². The van der Waals surface area contributed by atoms with Gasteiger partial charge < -0.3 is 10.8 Å². The number of phenols is 1. The fourth-order valence-electron chi connectivity index (χ4n) is 1.72. The SMILES string of the molecule is NCC1CC1c1ccc(Br)cc1O. The lowest BCUT2D eigenvalue weighted by Gasteiger charge is -2.03. The first-order chi connectivity index (χ1) is 6.22. The van der Waals surface area contributed by atoms with Gasteiger partial charge in [0.1, 0.15) is 5.75 Å². The summed E-state index contributed by atoms with van der Waals surface area (Å²) >= 11 is 3.31. The molecule has 1 aromatic rings. The fourth-order valence-corrected chi connectivity index (χ4v) is 2.07. The maximum absolute atomic E-state index is 9.64. The van der Waals surface area contributed by atoms with Gasteiger partial charge in [-0.2, -0.15) is 0 Å². The van der Waals surface area contributed by atoms with Crippen molar-refractivity contribution in [1.29, 1.82) is 0 Å². The number of phenolic OH excluding ortho intramolecular Hbond substituents is 1. The van der Waals surface area contributed by atoms with Gasteiger partial charge in [0.15, 0.2) is 0 Å². The molecule has 1 aliphatic rings. The first-order valence-corrected chi connectivity index (χ1v) is 5.20. The van der Waals surface area contributed by atoms with Crippen molar-refractivity contribution in [3.05, 3.63) is 28.2 Å². The molecular formula is C10H12BrNO. The van der Waals surface area contributed by atoms with Crippen molar-refractivity contribution in [2.24, 2.45) is 11.7 Å². The van der Waals surface area contributed by atoms with Gasteiger partial charge in [0.25, 0.3) is 0 Å². The number of rotatable bonds is 2. The summed E-state index contributed by atoms with van der Waals surface area (Å²) in [4.78, 5) is 0. The second kappa shape index (κ2) is 3.31. The van der Waals surface area contributed by atoms with Crippen LogP contribution in [0, 0.1) is 5.92 Å². The summed E-state index contributed by atoms with van der Waals surface area (Å²) in [5.74, 6) is 1.44. The van der Waals surface area contributed by atoms with Crippen LogP contribution in [0.1, 0.15) is 17.9 Å². The molecule has 1 fully saturated rings. The molecule has 0 heterocycles. The average molecular weight is 242 g/mol. The summed E-state index contributed by atoms with van der Waals surface area (Å²) in [5.41, 5.74) is 6.59. The van der Waals surface area contributed by atoms with E-state index in [2.05, 4.69) is 15.9 Å². The maximum atomic E-state index is 9.64. The minimum Gasteiger partial charge on any atom is -0.508 e. The Morgan fingerprint density at radius 3 is 2.85 bits per heavy atom. The van der Waals surface area contributed by atoms with Gasteiger partial charge in [-0.05, 0) is 42.5 Å². The number of benzene rings is 1. The van der Waals surface area contributed by atoms with Crippen molar-refractivity contribution in [2.75, 3.05) is 6.54 Å². The lowest BCUT2D eigenvalue weighted by atomic mass is 10.1. The van der Waals surface area contributed by atoms with E-state index in [0.29, 0.717) is 17.6 Å². The van der Waals surface area contributed by atoms with Gasteiger partial charge in [-0.15, -0.1) is 0 Å². The van der Waals surface area contributed by atoms with Crippen LogP contribution >= 0.6 is 15.9 Å². The molecule has 0 aliphatic heterocycles. The van der Waals surface area contributed by atoms with Crippen molar-refractivity contribution in [2.45, 2.75) is 12.3 Å². The van der Waals surface area contributed by atoms with E-state index in [1.807, 2.05) is 12.1 Å². The van der Waals surface area contributed by atoms with Gasteiger partial charge in [-0.3, -0.25) is 0 Å². The zero-order chi connectivity index (χ0) is 9.42. The molecule has 0 saturated heterocycles. The molecule has 13 heavy (non-hydrogen) atoms. The zero-order valence-corrected chi connectivity index (χ0v) is 8.79. The molecule has 0 amide bonds. The minimum absolute atomic E-state index is 0.385. The highest BCUT2D eigenvalue weighted by atomic mass is 79.9. The van der Waals surface area contributed by atoms with E-state index in [1.54, 1.807) is 6.07 Å². The standard InChI is InChI=1S/C10H12BrNO/c11-7-1-2-8(10(13)4-7)9-3-6(9)5-12/h1-2,4,6,9,13H,3,5,12H2. The highest BCUT2D eigenvalue weighted by Crippen LogP contribution is 2.49. The van der Waals surface area contributed by atoms with Gasteiger partial charge in [0, 0.05) is 4.47 Å². The first-order valence-electron chi connectivity index (χ1n) is 4.41. The predicted octanol–water partition coefficient (Wildman–Crippen LogP) is 2.22. The Balaban J connectivity index is 2.22. The summed E-state index contributed by atoms with van der Waals surface area (Å²) in [6.45, 7) is 0.722. The van der Waals surface area contributed by atoms with Gasteiger partial charge >= 0.3 is 0 Å². The van der Waals surface area contributed by atoms with Crippen LogP contribution < -0.4 is 5.73 Å². The van der Waals surface area contributed by atoms with Crippen LogP contribution in [-0.4, -0.2) is 11.7 Å². The molecule has 2 atom stereocenters. The van der Waals surface area contributed by atoms with E-state index in [1.165, 1.54) is 0 Å². The Bertz CT molecular complexity index is 327. The Morgan fingerprint density at radius 2 is 2.31 bits per heavy atom. The second-order valence-corrected chi connectivity index (χ2v) is 4.46. The molecular weight excluding hydrogens is 230 g/mol. The predicted molar refractivity (Wildman–Crippen MR) is 55.7 cm³/mol. The van der Waals surface area contributed by atoms with E-state index in [-0.39, 0.29) is 0 Å². The molecule has 2 unspecified atom stereocenters. The molecule has 0 spiro atoms. The average Bonchev–Trinajstić information content (AvgIpc) is 2.83. The minimum atomic E-state index is 0.385. The lowest BCUT2D eigenvalue weighted by molar-refractivity contribution is 0.467. The zero-order valence-electron chi connectivity index (χ0n) is 7.20. The van der Waals surface area contributed by atoms with Crippen LogP contribution in [0.2, 0.25) is 0 Å². The molecule has 70 valence electrons. The molecule has 1 saturated carbocycles. The van der Waals surface area contributed by atoms with Crippen molar-refractivity contribution < 1.29 is 5.11 Å². The maximum Gasteiger partial charge on any atom is 0.120 e. The molecule has 1 aliphatic carbocycles. The summed E-state index contributed by atoms with van der Waals surface area (Å²) in [6.07, 6.45) is 1.12. The molecule has 2 rings (SSSR count). The largest absolute Gasteiger partial charge is 0.508 e. The van der Waals surface area contributed by atoms with Crippen molar-refractivity contribution in [1.82, 2.24) is 0 Å². The highest BCUT2D eigenvalue weighted by Gasteiger charge is 2.38. The van der Waals surface area contributed by atoms with Crippen molar-refractivity contribution in [3.8, 4) is 5.75 Å². The van der Waals surface area contributed by atoms with E-state index in [4.69, 9.17) is 5.73 Å². The number of hydrogen-bond donors (Lipinski definition) is 2. The van der Waals surface area contributed by atoms with Crippen LogP contribution in [0.25, 0.3) is 0 Å². The third-order valence-corrected chi connectivity index (χ3v) is 3.11. The van der Waals surface area contributed by atoms with Crippen LogP contribution in [0.3, 0.4) is 0 Å². The first kappa shape index (κ1) is 9.03. The fraction of sp³-hybridized carbons (Fsp3) is 0.400. The number of nitrogens with two attached hydrogens (primary N) is 1. The second-order valence-electron chi connectivity index (χ2n) is 3.54. The summed E-state index contributed by atoms with van der Waals surface area (Å²) in [5, 5.41) is 9.64. The number of aromatic hydroxyl groups is 1. The van der Waals surface area contributed by atoms with Crippen LogP contribution in [-0.2, 0) is 0 Å². The van der Waals surface area contributed by atoms with E-state index in [0.717, 1.165) is 23.0 Å². The van der Waals surface area contributed by atoms with Crippen LogP contribution in [0.4, 0.5) is 0 Å². The summed E-state index contributed by atoms with van der Waals surface area (Å²) in [7, 11) is 0. The number of halogens is 1. The molecule has 3 heteroatoms. The van der Waals surface area contributed by atoms with Crippen LogP contribution in [0.5, 0.6) is 5.75 Å². The Kier molecular flexibility index (Phi) is 2.30. The normalized spacial score (nSPS) is 26.0.